The predicted molar refractivity (Wildman–Crippen MR) is 406 cm³/mol. The highest BCUT2D eigenvalue weighted by Crippen LogP contribution is 2.33. The van der Waals surface area contributed by atoms with Crippen molar-refractivity contribution in [2.75, 3.05) is 26.4 Å². The third-order valence-electron chi connectivity index (χ3n) is 20.2. The molecule has 19 nitrogen and oxygen atoms in total. The van der Waals surface area contributed by atoms with Crippen LogP contribution in [0.25, 0.3) is 0 Å². The smallest absolute Gasteiger partial charge is 0.220 e. The third-order valence-corrected chi connectivity index (χ3v) is 20.2. The van der Waals surface area contributed by atoms with E-state index in [1.165, 1.54) is 212 Å². The molecule has 1 amide bonds. The molecule has 0 spiro atoms. The number of rotatable bonds is 65. The van der Waals surface area contributed by atoms with E-state index in [4.69, 9.17) is 28.4 Å². The van der Waals surface area contributed by atoms with E-state index in [1.807, 2.05) is 6.08 Å². The molecule has 0 bridgehead atoms. The number of hydrogen-bond donors (Lipinski definition) is 12. The zero-order chi connectivity index (χ0) is 73.9. The highest BCUT2D eigenvalue weighted by Gasteiger charge is 2.54. The Balaban J connectivity index is 1.39. The molecular formula is C83H149NO18. The number of aliphatic hydroxyl groups is 11. The van der Waals surface area contributed by atoms with Gasteiger partial charge >= 0.3 is 0 Å². The van der Waals surface area contributed by atoms with Crippen LogP contribution in [0.5, 0.6) is 0 Å². The fraction of sp³-hybridized carbons (Fsp3) is 0.843. The second-order valence-corrected chi connectivity index (χ2v) is 29.2. The summed E-state index contributed by atoms with van der Waals surface area (Å²) in [6.07, 6.45) is 56.1. The number of ether oxygens (including phenoxy) is 6. The van der Waals surface area contributed by atoms with Gasteiger partial charge in [-0.1, -0.05) is 299 Å². The predicted octanol–water partition coefficient (Wildman–Crippen LogP) is 14.0. The largest absolute Gasteiger partial charge is 0.394 e. The summed E-state index contributed by atoms with van der Waals surface area (Å²) in [4.78, 5) is 13.5. The Morgan fingerprint density at radius 2 is 0.657 bits per heavy atom. The van der Waals surface area contributed by atoms with E-state index in [-0.39, 0.29) is 18.9 Å². The second-order valence-electron chi connectivity index (χ2n) is 29.2. The molecule has 3 aliphatic heterocycles. The molecule has 3 fully saturated rings. The first kappa shape index (κ1) is 93.4. The number of carbonyl (C=O) groups excluding carboxylic acids is 1. The average molecular weight is 1450 g/mol. The number of aliphatic hydroxyl groups excluding tert-OH is 11. The van der Waals surface area contributed by atoms with E-state index < -0.39 is 124 Å². The van der Waals surface area contributed by atoms with Crippen LogP contribution in [0, 0.1) is 0 Å². The van der Waals surface area contributed by atoms with Gasteiger partial charge in [-0.05, 0) is 83.5 Å². The van der Waals surface area contributed by atoms with Gasteiger partial charge in [-0.2, -0.15) is 0 Å². The summed E-state index contributed by atoms with van der Waals surface area (Å²) in [7, 11) is 0. The minimum absolute atomic E-state index is 0.227. The van der Waals surface area contributed by atoms with E-state index in [2.05, 4.69) is 79.9 Å². The molecule has 3 saturated heterocycles. The summed E-state index contributed by atoms with van der Waals surface area (Å²) < 4.78 is 34.4. The summed E-state index contributed by atoms with van der Waals surface area (Å²) in [5.41, 5.74) is 0. The molecule has 594 valence electrons. The Kier molecular flexibility index (Phi) is 57.9. The van der Waals surface area contributed by atoms with Crippen LogP contribution in [0.3, 0.4) is 0 Å². The van der Waals surface area contributed by atoms with Crippen molar-refractivity contribution in [3.63, 3.8) is 0 Å². The van der Waals surface area contributed by atoms with Crippen molar-refractivity contribution < 1.29 is 89.4 Å². The highest BCUT2D eigenvalue weighted by molar-refractivity contribution is 5.76. The fourth-order valence-corrected chi connectivity index (χ4v) is 13.6. The normalized spacial score (nSPS) is 26.5. The van der Waals surface area contributed by atoms with Gasteiger partial charge in [0.2, 0.25) is 5.91 Å². The van der Waals surface area contributed by atoms with Crippen LogP contribution in [0.15, 0.2) is 72.9 Å². The number of unbranched alkanes of at least 4 members (excludes halogenated alkanes) is 39. The SMILES string of the molecule is CCCCCCC/C=C\C/C=C\C/C=C\CCCCCCCCCCCCCCC(=O)NC(COC1OC(CO)C(OC2OC(CO)C(OC3OC(CO)C(O)C(O)C3O)C(O)C2O)C(O)C1O)C(O)/C=C/CC/C=C/CC/C=C/CCCCCCCCCCCCCCCCCCCCCC. The van der Waals surface area contributed by atoms with E-state index in [0.29, 0.717) is 12.8 Å². The minimum Gasteiger partial charge on any atom is -0.394 e. The van der Waals surface area contributed by atoms with Crippen molar-refractivity contribution in [3.05, 3.63) is 72.9 Å². The molecule has 102 heavy (non-hydrogen) atoms. The monoisotopic (exact) mass is 1450 g/mol. The van der Waals surface area contributed by atoms with Gasteiger partial charge in [0.15, 0.2) is 18.9 Å². The summed E-state index contributed by atoms with van der Waals surface area (Å²) in [6, 6.07) is -1.00. The molecule has 3 aliphatic rings. The maximum atomic E-state index is 13.5. The molecule has 17 atom stereocenters. The molecule has 3 rings (SSSR count). The number of amides is 1. The lowest BCUT2D eigenvalue weighted by molar-refractivity contribution is -0.379. The quantitative estimate of drug-likeness (QED) is 0.0199. The van der Waals surface area contributed by atoms with Gasteiger partial charge in [-0.15, -0.1) is 0 Å². The number of carbonyl (C=O) groups is 1. The zero-order valence-electron chi connectivity index (χ0n) is 63.6. The Bertz CT molecular complexity index is 2120. The van der Waals surface area contributed by atoms with Crippen molar-refractivity contribution >= 4 is 5.91 Å². The standard InChI is InChI=1S/C83H149NO18/c1-3-5-7-9-11-13-15-17-19-21-23-25-27-29-31-32-33-35-36-38-40-42-44-46-48-50-52-54-56-58-60-67(88)66(84-71(89)61-59-57-55-53-51-49-47-45-43-41-39-37-34-30-28-26-24-22-20-18-16-14-12-10-8-6-4-2)65-97-81-77(95)74(92)79(69(63-86)99-81)102-83-78(96)75(93)80(70(64-87)100-83)101-82-76(94)73(91)72(90)68(62-85)98-82/h16,18,22,24,28,30,42,44,50,52,58,60,66-70,72-83,85-88,90-96H,3-15,17,19-21,23,25-27,29,31-41,43,45-49,51,53-57,59,61-65H2,1-2H3,(H,84,89)/b18-16-,24-22-,30-28-,44-42+,52-50+,60-58+. The van der Waals surface area contributed by atoms with Crippen LogP contribution in [-0.4, -0.2) is 193 Å². The highest BCUT2D eigenvalue weighted by atomic mass is 16.8. The lowest BCUT2D eigenvalue weighted by Gasteiger charge is -2.48. The number of allylic oxidation sites excluding steroid dienone is 11. The molecule has 19 heteroatoms. The van der Waals surface area contributed by atoms with Crippen LogP contribution in [0.1, 0.15) is 316 Å². The summed E-state index contributed by atoms with van der Waals surface area (Å²) in [6.45, 7) is 1.73. The summed E-state index contributed by atoms with van der Waals surface area (Å²) in [5.74, 6) is -0.290. The van der Waals surface area contributed by atoms with E-state index in [9.17, 15) is 61.0 Å². The van der Waals surface area contributed by atoms with E-state index >= 15 is 0 Å². The Morgan fingerprint density at radius 1 is 0.353 bits per heavy atom. The lowest BCUT2D eigenvalue weighted by atomic mass is 9.96. The summed E-state index contributed by atoms with van der Waals surface area (Å²) in [5, 5.41) is 121. The third kappa shape index (κ3) is 42.7. The lowest BCUT2D eigenvalue weighted by Crippen LogP contribution is -2.66. The van der Waals surface area contributed by atoms with Crippen LogP contribution in [-0.2, 0) is 33.2 Å². The molecule has 17 unspecified atom stereocenters. The average Bonchev–Trinajstić information content (AvgIpc) is 0.782. The van der Waals surface area contributed by atoms with E-state index in [0.717, 1.165) is 70.6 Å². The Hall–Kier alpha value is -2.77. The van der Waals surface area contributed by atoms with Gasteiger partial charge in [-0.3, -0.25) is 4.79 Å². The first-order chi connectivity index (χ1) is 49.8. The number of hydrogen-bond acceptors (Lipinski definition) is 18. The van der Waals surface area contributed by atoms with Gasteiger partial charge in [-0.25, -0.2) is 0 Å². The van der Waals surface area contributed by atoms with Crippen molar-refractivity contribution in [2.24, 2.45) is 0 Å². The summed E-state index contributed by atoms with van der Waals surface area (Å²) >= 11 is 0. The first-order valence-corrected chi connectivity index (χ1v) is 41.2. The van der Waals surface area contributed by atoms with Gasteiger partial charge in [0, 0.05) is 6.42 Å². The first-order valence-electron chi connectivity index (χ1n) is 41.2. The molecule has 0 radical (unpaired) electrons. The van der Waals surface area contributed by atoms with Gasteiger partial charge in [0.1, 0.15) is 73.2 Å². The van der Waals surface area contributed by atoms with Crippen molar-refractivity contribution in [1.82, 2.24) is 5.32 Å². The van der Waals surface area contributed by atoms with Crippen molar-refractivity contribution in [1.29, 1.82) is 0 Å². The maximum Gasteiger partial charge on any atom is 0.220 e. The van der Waals surface area contributed by atoms with Crippen molar-refractivity contribution in [2.45, 2.75) is 420 Å². The second kappa shape index (κ2) is 63.2. The van der Waals surface area contributed by atoms with Gasteiger partial charge < -0.3 is 89.9 Å². The van der Waals surface area contributed by atoms with Crippen LogP contribution in [0.2, 0.25) is 0 Å². The molecule has 0 aromatic rings. The van der Waals surface area contributed by atoms with Gasteiger partial charge in [0.05, 0.1) is 38.6 Å². The van der Waals surface area contributed by atoms with E-state index in [1.54, 1.807) is 6.08 Å². The van der Waals surface area contributed by atoms with Gasteiger partial charge in [0.25, 0.3) is 0 Å². The van der Waals surface area contributed by atoms with Crippen LogP contribution < -0.4 is 5.32 Å². The fourth-order valence-electron chi connectivity index (χ4n) is 13.6. The van der Waals surface area contributed by atoms with Crippen LogP contribution in [0.4, 0.5) is 0 Å². The molecule has 3 heterocycles. The minimum atomic E-state index is -1.99. The molecule has 0 aliphatic carbocycles. The molecular weight excluding hydrogens is 1300 g/mol. The topological polar surface area (TPSA) is 307 Å². The number of nitrogens with one attached hydrogen (secondary N) is 1. The Morgan fingerprint density at radius 3 is 1.05 bits per heavy atom. The Labute approximate surface area is 617 Å². The maximum absolute atomic E-state index is 13.5. The molecule has 0 aromatic heterocycles. The molecule has 0 aromatic carbocycles. The van der Waals surface area contributed by atoms with Crippen molar-refractivity contribution in [3.8, 4) is 0 Å². The molecule has 0 saturated carbocycles. The van der Waals surface area contributed by atoms with Crippen LogP contribution >= 0.6 is 0 Å². The zero-order valence-corrected chi connectivity index (χ0v) is 63.6. The molecule has 12 N–H and O–H groups in total.